The molecule has 46 heavy (non-hydrogen) atoms. The lowest BCUT2D eigenvalue weighted by molar-refractivity contribution is -0.159. The SMILES string of the molecule is C=CCCC(=O)NC[C@H](C)OC(=O)[C@@H]1[C@H]2C(=O)N(CCCCCO)[C@H](C(=O)N(CC=C)Cn3nnc4ccccc43)[C@]23CC[C@H]1O3. The number of rotatable bonds is 17. The molecule has 3 saturated heterocycles. The lowest BCUT2D eigenvalue weighted by Crippen LogP contribution is -2.56. The second kappa shape index (κ2) is 14.5. The number of nitrogens with zero attached hydrogens (tertiary/aromatic N) is 5. The first-order valence-corrected chi connectivity index (χ1v) is 16.1. The minimum atomic E-state index is -1.19. The number of aliphatic hydroxyl groups excluding tert-OH is 1. The number of nitrogens with one attached hydrogen (secondary N) is 1. The molecule has 13 nitrogen and oxygen atoms in total. The predicted molar refractivity (Wildman–Crippen MR) is 168 cm³/mol. The maximum atomic E-state index is 14.6. The number of ether oxygens (including phenoxy) is 2. The molecule has 1 aromatic carbocycles. The normalized spacial score (nSPS) is 25.3. The molecule has 0 saturated carbocycles. The fourth-order valence-corrected chi connectivity index (χ4v) is 7.14. The average molecular weight is 637 g/mol. The largest absolute Gasteiger partial charge is 0.460 e. The molecule has 3 fully saturated rings. The molecule has 4 heterocycles. The van der Waals surface area contributed by atoms with Crippen molar-refractivity contribution in [2.24, 2.45) is 11.8 Å². The lowest BCUT2D eigenvalue weighted by Gasteiger charge is -2.36. The highest BCUT2D eigenvalue weighted by Gasteiger charge is 2.75. The molecule has 13 heteroatoms. The summed E-state index contributed by atoms with van der Waals surface area (Å²) >= 11 is 0. The van der Waals surface area contributed by atoms with Crippen LogP contribution in [0, 0.1) is 11.8 Å². The maximum Gasteiger partial charge on any atom is 0.312 e. The van der Waals surface area contributed by atoms with Gasteiger partial charge in [0.15, 0.2) is 0 Å². The number of para-hydroxylation sites is 1. The van der Waals surface area contributed by atoms with E-state index in [1.165, 1.54) is 0 Å². The molecule has 1 spiro atoms. The second-order valence-electron chi connectivity index (χ2n) is 12.3. The van der Waals surface area contributed by atoms with Gasteiger partial charge >= 0.3 is 5.97 Å². The molecule has 2 N–H and O–H groups in total. The van der Waals surface area contributed by atoms with Crippen molar-refractivity contribution in [2.45, 2.75) is 82.4 Å². The van der Waals surface area contributed by atoms with Gasteiger partial charge in [-0.15, -0.1) is 18.3 Å². The number of aliphatic hydroxyl groups is 1. The third-order valence-corrected chi connectivity index (χ3v) is 9.23. The first kappa shape index (κ1) is 33.3. The van der Waals surface area contributed by atoms with E-state index in [-0.39, 0.29) is 50.6 Å². The predicted octanol–water partition coefficient (Wildman–Crippen LogP) is 1.95. The number of allylic oxidation sites excluding steroid dienone is 1. The summed E-state index contributed by atoms with van der Waals surface area (Å²) in [5.74, 6) is -3.10. The summed E-state index contributed by atoms with van der Waals surface area (Å²) in [6.07, 6.45) is 5.72. The summed E-state index contributed by atoms with van der Waals surface area (Å²) in [5.41, 5.74) is 0.264. The van der Waals surface area contributed by atoms with Gasteiger partial charge in [-0.05, 0) is 57.6 Å². The van der Waals surface area contributed by atoms with Crippen LogP contribution in [0.15, 0.2) is 49.6 Å². The molecule has 0 unspecified atom stereocenters. The average Bonchev–Trinajstić information content (AvgIpc) is 3.80. The molecule has 0 aliphatic carbocycles. The smallest absolute Gasteiger partial charge is 0.312 e. The maximum absolute atomic E-state index is 14.6. The van der Waals surface area contributed by atoms with E-state index in [2.05, 4.69) is 28.8 Å². The quantitative estimate of drug-likeness (QED) is 0.151. The van der Waals surface area contributed by atoms with Crippen molar-refractivity contribution in [3.8, 4) is 0 Å². The monoisotopic (exact) mass is 636 g/mol. The van der Waals surface area contributed by atoms with Gasteiger partial charge in [0.05, 0.1) is 30.0 Å². The van der Waals surface area contributed by atoms with Crippen molar-refractivity contribution in [1.29, 1.82) is 0 Å². The van der Waals surface area contributed by atoms with E-state index in [0.717, 1.165) is 5.52 Å². The lowest BCUT2D eigenvalue weighted by atomic mass is 9.70. The Hall–Kier alpha value is -4.10. The van der Waals surface area contributed by atoms with E-state index >= 15 is 0 Å². The second-order valence-corrected chi connectivity index (χ2v) is 12.3. The Morgan fingerprint density at radius 3 is 2.80 bits per heavy atom. The first-order chi connectivity index (χ1) is 22.2. The van der Waals surface area contributed by atoms with Gasteiger partial charge in [0.1, 0.15) is 29.9 Å². The Balaban J connectivity index is 1.39. The summed E-state index contributed by atoms with van der Waals surface area (Å²) < 4.78 is 13.9. The van der Waals surface area contributed by atoms with Crippen LogP contribution in [0.5, 0.6) is 0 Å². The van der Waals surface area contributed by atoms with Crippen LogP contribution in [0.3, 0.4) is 0 Å². The Morgan fingerprint density at radius 1 is 1.24 bits per heavy atom. The number of carbonyl (C=O) groups is 4. The van der Waals surface area contributed by atoms with Gasteiger partial charge in [0.2, 0.25) is 17.7 Å². The van der Waals surface area contributed by atoms with Crippen molar-refractivity contribution in [2.75, 3.05) is 26.2 Å². The topological polar surface area (TPSA) is 156 Å². The van der Waals surface area contributed by atoms with E-state index in [4.69, 9.17) is 9.47 Å². The molecule has 2 aromatic rings. The number of esters is 1. The first-order valence-electron chi connectivity index (χ1n) is 16.1. The molecule has 6 atom stereocenters. The Bertz CT molecular complexity index is 1460. The summed E-state index contributed by atoms with van der Waals surface area (Å²) in [6, 6.07) is 6.49. The van der Waals surface area contributed by atoms with E-state index in [0.29, 0.717) is 50.5 Å². The van der Waals surface area contributed by atoms with Gasteiger partial charge in [-0.3, -0.25) is 19.2 Å². The molecular formula is C33H44N6O7. The molecular weight excluding hydrogens is 592 g/mol. The number of hydrogen-bond acceptors (Lipinski definition) is 9. The number of fused-ring (bicyclic) bond motifs is 2. The summed E-state index contributed by atoms with van der Waals surface area (Å²) in [4.78, 5) is 57.7. The van der Waals surface area contributed by atoms with Crippen LogP contribution in [0.1, 0.15) is 51.9 Å². The fourth-order valence-electron chi connectivity index (χ4n) is 7.14. The molecule has 3 aliphatic rings. The van der Waals surface area contributed by atoms with Gasteiger partial charge in [-0.2, -0.15) is 0 Å². The standard InChI is InChI=1S/C33H44N6O7/c1-4-6-14-26(41)34-20-22(3)45-32(44)27-25-15-16-33(46-25)28(27)30(42)38(18-10-7-11-19-40)29(33)31(43)37(17-5-2)21-39-24-13-9-8-12-23(24)35-36-39/h4-5,8-9,12-13,22,25,27-29,40H,1-2,6-7,10-11,14-21H2,3H3,(H,34,41)/t22-,25+,27-,28-,29+,33-/m0/s1. The van der Waals surface area contributed by atoms with Gasteiger partial charge < -0.3 is 29.7 Å². The van der Waals surface area contributed by atoms with Gasteiger partial charge in [0.25, 0.3) is 0 Å². The Labute approximate surface area is 268 Å². The van der Waals surface area contributed by atoms with Crippen LogP contribution in [-0.2, 0) is 35.3 Å². The van der Waals surface area contributed by atoms with Crippen molar-refractivity contribution < 1.29 is 33.8 Å². The highest BCUT2D eigenvalue weighted by atomic mass is 16.6. The van der Waals surface area contributed by atoms with Crippen LogP contribution in [0.2, 0.25) is 0 Å². The zero-order valence-electron chi connectivity index (χ0n) is 26.4. The molecule has 248 valence electrons. The molecule has 3 amide bonds. The van der Waals surface area contributed by atoms with Gasteiger partial charge in [0, 0.05) is 26.1 Å². The molecule has 1 aromatic heterocycles. The third kappa shape index (κ3) is 6.43. The van der Waals surface area contributed by atoms with E-state index < -0.39 is 41.7 Å². The van der Waals surface area contributed by atoms with Gasteiger partial charge in [-0.25, -0.2) is 4.68 Å². The molecule has 2 bridgehead atoms. The minimum Gasteiger partial charge on any atom is -0.460 e. The number of amides is 3. The summed E-state index contributed by atoms with van der Waals surface area (Å²) in [6.45, 7) is 9.89. The number of unbranched alkanes of at least 4 members (excludes halogenated alkanes) is 2. The van der Waals surface area contributed by atoms with Crippen molar-refractivity contribution in [3.05, 3.63) is 49.6 Å². The van der Waals surface area contributed by atoms with Crippen molar-refractivity contribution in [1.82, 2.24) is 30.1 Å². The number of benzene rings is 1. The Morgan fingerprint density at radius 2 is 2.04 bits per heavy atom. The van der Waals surface area contributed by atoms with Gasteiger partial charge in [-0.1, -0.05) is 29.5 Å². The number of aromatic nitrogens is 3. The minimum absolute atomic E-state index is 0.0352. The van der Waals surface area contributed by atoms with Crippen LogP contribution in [0.25, 0.3) is 11.0 Å². The molecule has 0 radical (unpaired) electrons. The van der Waals surface area contributed by atoms with Crippen LogP contribution < -0.4 is 5.32 Å². The van der Waals surface area contributed by atoms with E-state index in [1.807, 2.05) is 24.3 Å². The molecule has 3 aliphatic heterocycles. The third-order valence-electron chi connectivity index (χ3n) is 9.23. The fraction of sp³-hybridized carbons (Fsp3) is 0.576. The van der Waals surface area contributed by atoms with E-state index in [9.17, 15) is 24.3 Å². The van der Waals surface area contributed by atoms with Crippen molar-refractivity contribution >= 4 is 34.7 Å². The zero-order valence-corrected chi connectivity index (χ0v) is 26.4. The number of hydrogen-bond donors (Lipinski definition) is 2. The van der Waals surface area contributed by atoms with Crippen LogP contribution >= 0.6 is 0 Å². The Kier molecular flexibility index (Phi) is 10.5. The number of likely N-dealkylation sites (tertiary alicyclic amines) is 1. The summed E-state index contributed by atoms with van der Waals surface area (Å²) in [5, 5.41) is 20.5. The summed E-state index contributed by atoms with van der Waals surface area (Å²) in [7, 11) is 0. The van der Waals surface area contributed by atoms with Crippen LogP contribution in [-0.4, -0.2) is 104 Å². The van der Waals surface area contributed by atoms with Crippen LogP contribution in [0.4, 0.5) is 0 Å². The molecule has 5 rings (SSSR count). The highest BCUT2D eigenvalue weighted by Crippen LogP contribution is 2.59. The zero-order chi connectivity index (χ0) is 32.8. The number of carbonyl (C=O) groups excluding carboxylic acids is 4. The highest BCUT2D eigenvalue weighted by molar-refractivity contribution is 5.98. The van der Waals surface area contributed by atoms with E-state index in [1.54, 1.807) is 33.6 Å². The van der Waals surface area contributed by atoms with Crippen molar-refractivity contribution in [3.63, 3.8) is 0 Å².